The summed E-state index contributed by atoms with van der Waals surface area (Å²) in [5.41, 5.74) is 1.19. The maximum atomic E-state index is 13.7. The van der Waals surface area contributed by atoms with Crippen molar-refractivity contribution in [2.24, 2.45) is 0 Å². The monoisotopic (exact) mass is 448 g/mol. The predicted molar refractivity (Wildman–Crippen MR) is 116 cm³/mol. The molecule has 0 saturated heterocycles. The van der Waals surface area contributed by atoms with Crippen molar-refractivity contribution in [2.75, 3.05) is 11.4 Å². The Morgan fingerprint density at radius 3 is 2.68 bits per heavy atom. The van der Waals surface area contributed by atoms with E-state index in [1.807, 2.05) is 20.8 Å². The largest absolute Gasteiger partial charge is 0.416 e. The van der Waals surface area contributed by atoms with Crippen LogP contribution in [0.4, 0.5) is 18.9 Å². The van der Waals surface area contributed by atoms with Gasteiger partial charge in [0.25, 0.3) is 5.91 Å². The lowest BCUT2D eigenvalue weighted by atomic mass is 10.1. The first-order valence-electron chi connectivity index (χ1n) is 10.1. The molecule has 0 spiro atoms. The van der Waals surface area contributed by atoms with E-state index in [0.29, 0.717) is 45.8 Å². The van der Waals surface area contributed by atoms with Gasteiger partial charge in [0.05, 0.1) is 28.4 Å². The van der Waals surface area contributed by atoms with E-state index in [1.165, 1.54) is 22.7 Å². The maximum Gasteiger partial charge on any atom is 0.416 e. The molecule has 1 atom stereocenters. The number of halogens is 3. The van der Waals surface area contributed by atoms with Crippen LogP contribution in [0.15, 0.2) is 35.4 Å². The predicted octanol–water partition coefficient (Wildman–Crippen LogP) is 5.87. The fourth-order valence-corrected chi connectivity index (χ4v) is 4.86. The summed E-state index contributed by atoms with van der Waals surface area (Å²) in [5.74, 6) is -0.339. The van der Waals surface area contributed by atoms with E-state index in [0.717, 1.165) is 12.1 Å². The van der Waals surface area contributed by atoms with E-state index in [2.05, 4.69) is 10.1 Å². The molecular formula is C22H23F3N4OS. The molecule has 3 heterocycles. The standard InChI is InChI=1S/C22H23F3N4OS/c1-12(2)29-20-17(11-26-29)16(9-13(3)27-20)21(30)28-8-7-14(4)31-19-6-5-15(10-18(19)28)22(23,24)25/h5-6,9-12,14H,7-8H2,1-4H3. The second kappa shape index (κ2) is 7.85. The number of hydrogen-bond donors (Lipinski definition) is 0. The summed E-state index contributed by atoms with van der Waals surface area (Å²) < 4.78 is 41.9. The average molecular weight is 449 g/mol. The van der Waals surface area contributed by atoms with Crippen LogP contribution in [0.25, 0.3) is 11.0 Å². The number of fused-ring (bicyclic) bond motifs is 2. The van der Waals surface area contributed by atoms with Crippen molar-refractivity contribution in [3.05, 3.63) is 47.3 Å². The summed E-state index contributed by atoms with van der Waals surface area (Å²) >= 11 is 1.49. The van der Waals surface area contributed by atoms with Crippen LogP contribution in [0.3, 0.4) is 0 Å². The highest BCUT2D eigenvalue weighted by atomic mass is 32.2. The number of nitrogens with zero attached hydrogens (tertiary/aromatic N) is 4. The van der Waals surface area contributed by atoms with Crippen molar-refractivity contribution in [3.63, 3.8) is 0 Å². The first-order valence-corrected chi connectivity index (χ1v) is 11.0. The number of amides is 1. The molecular weight excluding hydrogens is 425 g/mol. The molecule has 1 aliphatic rings. The Hall–Kier alpha value is -2.55. The smallest absolute Gasteiger partial charge is 0.307 e. The topological polar surface area (TPSA) is 51.0 Å². The van der Waals surface area contributed by atoms with Gasteiger partial charge in [0.1, 0.15) is 0 Å². The third kappa shape index (κ3) is 4.03. The Balaban J connectivity index is 1.86. The molecule has 3 aromatic rings. The van der Waals surface area contributed by atoms with Crippen LogP contribution >= 0.6 is 11.8 Å². The fraction of sp³-hybridized carbons (Fsp3) is 0.409. The van der Waals surface area contributed by atoms with Crippen molar-refractivity contribution in [1.82, 2.24) is 14.8 Å². The normalized spacial score (nSPS) is 17.2. The fourth-order valence-electron chi connectivity index (χ4n) is 3.77. The number of aryl methyl sites for hydroxylation is 1. The van der Waals surface area contributed by atoms with E-state index >= 15 is 0 Å². The molecule has 4 rings (SSSR count). The van der Waals surface area contributed by atoms with Gasteiger partial charge in [0.2, 0.25) is 0 Å². The number of rotatable bonds is 2. The number of anilines is 1. The summed E-state index contributed by atoms with van der Waals surface area (Å²) in [7, 11) is 0. The van der Waals surface area contributed by atoms with Crippen LogP contribution in [0.5, 0.6) is 0 Å². The Morgan fingerprint density at radius 1 is 1.26 bits per heavy atom. The van der Waals surface area contributed by atoms with E-state index in [4.69, 9.17) is 0 Å². The van der Waals surface area contributed by atoms with Crippen LogP contribution < -0.4 is 4.90 Å². The van der Waals surface area contributed by atoms with Crippen molar-refractivity contribution < 1.29 is 18.0 Å². The second-order valence-corrected chi connectivity index (χ2v) is 9.57. The van der Waals surface area contributed by atoms with Gasteiger partial charge in [-0.25, -0.2) is 9.67 Å². The van der Waals surface area contributed by atoms with Gasteiger partial charge in [-0.05, 0) is 51.5 Å². The number of alkyl halides is 3. The van der Waals surface area contributed by atoms with Crippen LogP contribution in [0.1, 0.15) is 54.8 Å². The highest BCUT2D eigenvalue weighted by molar-refractivity contribution is 8.00. The lowest BCUT2D eigenvalue weighted by molar-refractivity contribution is -0.137. The van der Waals surface area contributed by atoms with Crippen LogP contribution in [-0.4, -0.2) is 32.5 Å². The van der Waals surface area contributed by atoms with Crippen LogP contribution in [0, 0.1) is 6.92 Å². The minimum atomic E-state index is -4.48. The zero-order chi connectivity index (χ0) is 22.5. The van der Waals surface area contributed by atoms with Gasteiger partial charge >= 0.3 is 6.18 Å². The van der Waals surface area contributed by atoms with Crippen molar-refractivity contribution in [1.29, 1.82) is 0 Å². The van der Waals surface area contributed by atoms with E-state index in [1.54, 1.807) is 23.9 Å². The van der Waals surface area contributed by atoms with Crippen molar-refractivity contribution >= 4 is 34.4 Å². The molecule has 0 bridgehead atoms. The van der Waals surface area contributed by atoms with E-state index in [9.17, 15) is 18.0 Å². The number of hydrogen-bond acceptors (Lipinski definition) is 4. The molecule has 164 valence electrons. The number of thioether (sulfide) groups is 1. The zero-order valence-corrected chi connectivity index (χ0v) is 18.5. The van der Waals surface area contributed by atoms with Gasteiger partial charge < -0.3 is 4.90 Å². The highest BCUT2D eigenvalue weighted by Gasteiger charge is 2.34. The van der Waals surface area contributed by atoms with Gasteiger partial charge in [-0.3, -0.25) is 4.79 Å². The molecule has 9 heteroatoms. The van der Waals surface area contributed by atoms with Crippen LogP contribution in [-0.2, 0) is 6.18 Å². The molecule has 0 aliphatic carbocycles. The molecule has 2 aromatic heterocycles. The Labute approximate surface area is 182 Å². The van der Waals surface area contributed by atoms with Gasteiger partial charge in [-0.15, -0.1) is 11.8 Å². The summed E-state index contributed by atoms with van der Waals surface area (Å²) in [6, 6.07) is 5.37. The third-order valence-electron chi connectivity index (χ3n) is 5.32. The maximum absolute atomic E-state index is 13.7. The van der Waals surface area contributed by atoms with Gasteiger partial charge in [0, 0.05) is 28.4 Å². The molecule has 0 saturated carbocycles. The second-order valence-electron chi connectivity index (χ2n) is 8.09. The third-order valence-corrected chi connectivity index (χ3v) is 6.56. The number of benzene rings is 1. The molecule has 1 aromatic carbocycles. The number of carbonyl (C=O) groups excluding carboxylic acids is 1. The molecule has 0 fully saturated rings. The molecule has 31 heavy (non-hydrogen) atoms. The molecule has 5 nitrogen and oxygen atoms in total. The summed E-state index contributed by atoms with van der Waals surface area (Å²) in [6.07, 6.45) is -2.20. The average Bonchev–Trinajstić information content (AvgIpc) is 3.03. The van der Waals surface area contributed by atoms with E-state index < -0.39 is 11.7 Å². The summed E-state index contributed by atoms with van der Waals surface area (Å²) in [5, 5.41) is 5.15. The first-order chi connectivity index (χ1) is 14.6. The Morgan fingerprint density at radius 2 is 2.00 bits per heavy atom. The van der Waals surface area contributed by atoms with Crippen molar-refractivity contribution in [2.45, 2.75) is 56.5 Å². The quantitative estimate of drug-likeness (QED) is 0.492. The molecule has 1 amide bonds. The van der Waals surface area contributed by atoms with E-state index in [-0.39, 0.29) is 17.2 Å². The summed E-state index contributed by atoms with van der Waals surface area (Å²) in [6.45, 7) is 8.09. The zero-order valence-electron chi connectivity index (χ0n) is 17.7. The van der Waals surface area contributed by atoms with Gasteiger partial charge in [-0.1, -0.05) is 6.92 Å². The van der Waals surface area contributed by atoms with Gasteiger partial charge in [0.15, 0.2) is 5.65 Å². The Bertz CT molecular complexity index is 1160. The van der Waals surface area contributed by atoms with Crippen molar-refractivity contribution in [3.8, 4) is 0 Å². The number of pyridine rings is 1. The van der Waals surface area contributed by atoms with Crippen LogP contribution in [0.2, 0.25) is 0 Å². The molecule has 1 aliphatic heterocycles. The number of aromatic nitrogens is 3. The number of carbonyl (C=O) groups is 1. The first kappa shape index (κ1) is 21.7. The molecule has 0 N–H and O–H groups in total. The lowest BCUT2D eigenvalue weighted by Crippen LogP contribution is -2.32. The SMILES string of the molecule is Cc1cc(C(=O)N2CCC(C)Sc3ccc(C(F)(F)F)cc32)c2cnn(C(C)C)c2n1. The lowest BCUT2D eigenvalue weighted by Gasteiger charge is -2.24. The van der Waals surface area contributed by atoms with Gasteiger partial charge in [-0.2, -0.15) is 18.3 Å². The minimum Gasteiger partial charge on any atom is -0.307 e. The summed E-state index contributed by atoms with van der Waals surface area (Å²) in [4.78, 5) is 20.4. The minimum absolute atomic E-state index is 0.0558. The molecule has 1 unspecified atom stereocenters. The highest BCUT2D eigenvalue weighted by Crippen LogP contribution is 2.42. The molecule has 0 radical (unpaired) electrons. The Kier molecular flexibility index (Phi) is 5.49.